The molecule has 0 unspecified atom stereocenters. The van der Waals surface area contributed by atoms with Crippen molar-refractivity contribution in [2.45, 2.75) is 27.7 Å². The molecule has 0 radical (unpaired) electrons. The third-order valence-corrected chi connectivity index (χ3v) is 1.54. The number of hydrogen-bond donors (Lipinski definition) is 2. The Bertz CT molecular complexity index is 265. The second-order valence-electron chi connectivity index (χ2n) is 2.35. The molecule has 0 aromatic heterocycles. The van der Waals surface area contributed by atoms with Crippen molar-refractivity contribution in [3.63, 3.8) is 0 Å². The number of hydrogen-bond acceptors (Lipinski definition) is 3. The third-order valence-electron chi connectivity index (χ3n) is 1.54. The van der Waals surface area contributed by atoms with Gasteiger partial charge in [0, 0.05) is 6.07 Å². The Kier molecular flexibility index (Phi) is 12.7. The van der Waals surface area contributed by atoms with E-state index < -0.39 is 0 Å². The Labute approximate surface area is 98.7 Å². The maximum absolute atomic E-state index is 5.66. The van der Waals surface area contributed by atoms with Gasteiger partial charge < -0.3 is 10.5 Å². The second kappa shape index (κ2) is 11.8. The van der Waals surface area contributed by atoms with Crippen LogP contribution >= 0.6 is 0 Å². The predicted molar refractivity (Wildman–Crippen MR) is 68.7 cm³/mol. The van der Waals surface area contributed by atoms with E-state index in [0.29, 0.717) is 5.69 Å². The monoisotopic (exact) mass is 229 g/mol. The molecule has 0 heterocycles. The van der Waals surface area contributed by atoms with Gasteiger partial charge >= 0.3 is 0 Å². The van der Waals surface area contributed by atoms with Gasteiger partial charge in [-0.25, -0.2) is 4.84 Å². The molecule has 0 atom stereocenters. The number of nitrogen functional groups attached to an aromatic ring is 1. The summed E-state index contributed by atoms with van der Waals surface area (Å²) in [6, 6.07) is 5.41. The summed E-state index contributed by atoms with van der Waals surface area (Å²) in [5, 5.41) is 0. The maximum atomic E-state index is 5.66. The molecule has 0 fully saturated rings. The lowest BCUT2D eigenvalue weighted by Crippen LogP contribution is -2.76. The summed E-state index contributed by atoms with van der Waals surface area (Å²) in [5.41, 5.74) is 8.75. The van der Waals surface area contributed by atoms with E-state index in [9.17, 15) is 0 Å². The van der Waals surface area contributed by atoms with E-state index in [-0.39, 0.29) is 0 Å². The average Bonchev–Trinajstić information content (AvgIpc) is 2.37. The SMILES string of the molecule is CC.CC.CO[NH2+]c1cc(OC)ccc1N. The van der Waals surface area contributed by atoms with Gasteiger partial charge in [-0.15, -0.1) is 0 Å². The van der Waals surface area contributed by atoms with Crippen LogP contribution in [0.25, 0.3) is 0 Å². The lowest BCUT2D eigenvalue weighted by molar-refractivity contribution is -0.829. The van der Waals surface area contributed by atoms with Crippen molar-refractivity contribution in [3.05, 3.63) is 18.2 Å². The summed E-state index contributed by atoms with van der Waals surface area (Å²) in [7, 11) is 3.20. The predicted octanol–water partition coefficient (Wildman–Crippen LogP) is 2.09. The number of benzene rings is 1. The van der Waals surface area contributed by atoms with Crippen LogP contribution in [0.1, 0.15) is 27.7 Å². The number of nitrogens with two attached hydrogens (primary N) is 2. The smallest absolute Gasteiger partial charge is 0.188 e. The van der Waals surface area contributed by atoms with Gasteiger partial charge in [0.15, 0.2) is 5.69 Å². The minimum atomic E-state index is 0.678. The fourth-order valence-corrected chi connectivity index (χ4v) is 0.909. The Morgan fingerprint density at radius 3 is 2.06 bits per heavy atom. The molecule has 0 bridgehead atoms. The molecule has 0 amide bonds. The van der Waals surface area contributed by atoms with Crippen molar-refractivity contribution in [1.82, 2.24) is 0 Å². The van der Waals surface area contributed by atoms with Gasteiger partial charge in [-0.1, -0.05) is 27.7 Å². The summed E-state index contributed by atoms with van der Waals surface area (Å²) in [6.07, 6.45) is 0. The largest absolute Gasteiger partial charge is 0.497 e. The van der Waals surface area contributed by atoms with Crippen molar-refractivity contribution >= 4 is 11.4 Å². The third kappa shape index (κ3) is 6.27. The minimum absolute atomic E-state index is 0.678. The standard InChI is InChI=1S/C8H12N2O2.2C2H6/c1-11-6-3-4-7(9)8(5-6)10-12-2;2*1-2/h3-5,10H,9H2,1-2H3;2*1-2H3/p+1. The van der Waals surface area contributed by atoms with E-state index in [0.717, 1.165) is 11.4 Å². The van der Waals surface area contributed by atoms with Crippen LogP contribution in [0.5, 0.6) is 5.75 Å². The molecule has 0 aliphatic carbocycles. The summed E-state index contributed by atoms with van der Waals surface area (Å²) in [5.74, 6) is 0.771. The zero-order chi connectivity index (χ0) is 13.0. The van der Waals surface area contributed by atoms with E-state index >= 15 is 0 Å². The summed E-state index contributed by atoms with van der Waals surface area (Å²) in [6.45, 7) is 8.00. The van der Waals surface area contributed by atoms with Crippen molar-refractivity contribution < 1.29 is 15.1 Å². The topological polar surface area (TPSA) is 61.1 Å². The molecule has 0 aliphatic heterocycles. The number of quaternary nitrogens is 1. The Balaban J connectivity index is 0. The summed E-state index contributed by atoms with van der Waals surface area (Å²) in [4.78, 5) is 4.85. The van der Waals surface area contributed by atoms with Gasteiger partial charge in [0.1, 0.15) is 5.75 Å². The second-order valence-corrected chi connectivity index (χ2v) is 2.35. The molecule has 0 saturated carbocycles. The first-order chi connectivity index (χ1) is 7.77. The van der Waals surface area contributed by atoms with Gasteiger partial charge in [0.25, 0.3) is 0 Å². The lowest BCUT2D eigenvalue weighted by Gasteiger charge is -2.03. The van der Waals surface area contributed by atoms with Crippen LogP contribution in [-0.4, -0.2) is 14.2 Å². The summed E-state index contributed by atoms with van der Waals surface area (Å²) < 4.78 is 5.03. The highest BCUT2D eigenvalue weighted by Crippen LogP contribution is 2.19. The molecule has 0 saturated heterocycles. The minimum Gasteiger partial charge on any atom is -0.497 e. The Hall–Kier alpha value is -1.26. The molecule has 4 N–H and O–H groups in total. The average molecular weight is 229 g/mol. The van der Waals surface area contributed by atoms with E-state index in [1.807, 2.05) is 39.8 Å². The van der Waals surface area contributed by atoms with Crippen LogP contribution in [0.4, 0.5) is 11.4 Å². The fourth-order valence-electron chi connectivity index (χ4n) is 0.909. The highest BCUT2D eigenvalue weighted by Gasteiger charge is 2.04. The maximum Gasteiger partial charge on any atom is 0.188 e. The van der Waals surface area contributed by atoms with Crippen LogP contribution in [-0.2, 0) is 4.84 Å². The number of methoxy groups -OCH3 is 1. The molecular formula is C12H25N2O2+. The van der Waals surface area contributed by atoms with Crippen LogP contribution < -0.4 is 16.0 Å². The number of rotatable bonds is 3. The van der Waals surface area contributed by atoms with Gasteiger partial charge in [0.05, 0.1) is 19.9 Å². The Morgan fingerprint density at radius 1 is 1.06 bits per heavy atom. The summed E-state index contributed by atoms with van der Waals surface area (Å²) >= 11 is 0. The molecule has 4 heteroatoms. The first-order valence-electron chi connectivity index (χ1n) is 5.57. The molecule has 16 heavy (non-hydrogen) atoms. The lowest BCUT2D eigenvalue weighted by atomic mass is 10.2. The molecule has 0 spiro atoms. The zero-order valence-electron chi connectivity index (χ0n) is 11.2. The molecule has 4 nitrogen and oxygen atoms in total. The van der Waals surface area contributed by atoms with Crippen molar-refractivity contribution in [1.29, 1.82) is 0 Å². The van der Waals surface area contributed by atoms with Crippen LogP contribution in [0.3, 0.4) is 0 Å². The normalized spacial score (nSPS) is 8.12. The number of anilines is 1. The molecule has 94 valence electrons. The van der Waals surface area contributed by atoms with Gasteiger partial charge in [0.2, 0.25) is 0 Å². The van der Waals surface area contributed by atoms with Crippen LogP contribution in [0.15, 0.2) is 18.2 Å². The van der Waals surface area contributed by atoms with Crippen LogP contribution in [0, 0.1) is 0 Å². The van der Waals surface area contributed by atoms with Crippen LogP contribution in [0.2, 0.25) is 0 Å². The fraction of sp³-hybridized carbons (Fsp3) is 0.500. The van der Waals surface area contributed by atoms with E-state index in [2.05, 4.69) is 0 Å². The first kappa shape index (κ1) is 17.1. The number of ether oxygens (including phenoxy) is 1. The highest BCUT2D eigenvalue weighted by atomic mass is 16.6. The zero-order valence-corrected chi connectivity index (χ0v) is 11.2. The van der Waals surface area contributed by atoms with Gasteiger partial charge in [-0.05, 0) is 12.1 Å². The first-order valence-corrected chi connectivity index (χ1v) is 5.57. The Morgan fingerprint density at radius 2 is 1.62 bits per heavy atom. The quantitative estimate of drug-likeness (QED) is 0.616. The molecule has 0 aliphatic rings. The van der Waals surface area contributed by atoms with Gasteiger partial charge in [-0.2, -0.15) is 5.48 Å². The van der Waals surface area contributed by atoms with E-state index in [1.165, 1.54) is 0 Å². The molecule has 1 rings (SSSR count). The highest BCUT2D eigenvalue weighted by molar-refractivity contribution is 5.59. The molecule has 1 aromatic carbocycles. The molecule has 1 aromatic rings. The van der Waals surface area contributed by atoms with Crippen molar-refractivity contribution in [3.8, 4) is 5.75 Å². The van der Waals surface area contributed by atoms with E-state index in [1.54, 1.807) is 25.8 Å². The van der Waals surface area contributed by atoms with Crippen molar-refractivity contribution in [2.24, 2.45) is 0 Å². The van der Waals surface area contributed by atoms with Crippen molar-refractivity contribution in [2.75, 3.05) is 20.0 Å². The van der Waals surface area contributed by atoms with Gasteiger partial charge in [-0.3, -0.25) is 0 Å². The van der Waals surface area contributed by atoms with E-state index in [4.69, 9.17) is 15.3 Å². The molecular weight excluding hydrogens is 204 g/mol.